The highest BCUT2D eigenvalue weighted by molar-refractivity contribution is 7.89. The SMILES string of the molecule is CCC(/C=N/NC(=O)CCc1ccc(S(=O)(=O)N2CCOCC2)cc1)CC. The van der Waals surface area contributed by atoms with Crippen LogP contribution in [0.3, 0.4) is 0 Å². The van der Waals surface area contributed by atoms with Crippen molar-refractivity contribution in [2.75, 3.05) is 26.3 Å². The average Bonchev–Trinajstić information content (AvgIpc) is 2.70. The number of ether oxygens (including phenoxy) is 1. The molecule has 2 rings (SSSR count). The number of nitrogens with zero attached hydrogens (tertiary/aromatic N) is 2. The summed E-state index contributed by atoms with van der Waals surface area (Å²) in [5.74, 6) is 0.230. The zero-order valence-corrected chi connectivity index (χ0v) is 16.9. The van der Waals surface area contributed by atoms with E-state index in [0.717, 1.165) is 18.4 Å². The summed E-state index contributed by atoms with van der Waals surface area (Å²) in [5.41, 5.74) is 3.46. The number of aryl methyl sites for hydroxylation is 1. The van der Waals surface area contributed by atoms with Gasteiger partial charge in [0.2, 0.25) is 15.9 Å². The number of benzene rings is 1. The minimum atomic E-state index is -3.48. The minimum Gasteiger partial charge on any atom is -0.379 e. The van der Waals surface area contributed by atoms with Gasteiger partial charge in [-0.1, -0.05) is 26.0 Å². The smallest absolute Gasteiger partial charge is 0.243 e. The van der Waals surface area contributed by atoms with Crippen LogP contribution in [0.25, 0.3) is 0 Å². The summed E-state index contributed by atoms with van der Waals surface area (Å²) >= 11 is 0. The zero-order chi connectivity index (χ0) is 19.7. The molecule has 1 amide bonds. The van der Waals surface area contributed by atoms with Gasteiger partial charge < -0.3 is 4.74 Å². The molecular weight excluding hydrogens is 366 g/mol. The quantitative estimate of drug-likeness (QED) is 0.513. The minimum absolute atomic E-state index is 0.151. The number of sulfonamides is 1. The van der Waals surface area contributed by atoms with Crippen LogP contribution in [-0.4, -0.2) is 51.1 Å². The summed E-state index contributed by atoms with van der Waals surface area (Å²) in [6.07, 6.45) is 4.61. The first kappa shape index (κ1) is 21.5. The molecule has 0 aromatic heterocycles. The second-order valence-corrected chi connectivity index (χ2v) is 8.49. The third kappa shape index (κ3) is 6.41. The third-order valence-electron chi connectivity index (χ3n) is 4.70. The van der Waals surface area contributed by atoms with E-state index in [2.05, 4.69) is 24.4 Å². The summed E-state index contributed by atoms with van der Waals surface area (Å²) in [6.45, 7) is 5.78. The lowest BCUT2D eigenvalue weighted by atomic mass is 10.1. The van der Waals surface area contributed by atoms with Crippen LogP contribution in [0.5, 0.6) is 0 Å². The van der Waals surface area contributed by atoms with Crippen molar-refractivity contribution in [1.82, 2.24) is 9.73 Å². The van der Waals surface area contributed by atoms with Crippen LogP contribution in [-0.2, 0) is 26.0 Å². The molecule has 1 saturated heterocycles. The Bertz CT molecular complexity index is 722. The molecule has 1 aliphatic rings. The fourth-order valence-electron chi connectivity index (χ4n) is 2.79. The van der Waals surface area contributed by atoms with E-state index in [9.17, 15) is 13.2 Å². The third-order valence-corrected chi connectivity index (χ3v) is 6.61. The van der Waals surface area contributed by atoms with E-state index >= 15 is 0 Å². The van der Waals surface area contributed by atoms with E-state index in [1.54, 1.807) is 30.5 Å². The van der Waals surface area contributed by atoms with Gasteiger partial charge in [-0.05, 0) is 42.9 Å². The monoisotopic (exact) mass is 395 g/mol. The predicted molar refractivity (Wildman–Crippen MR) is 105 cm³/mol. The number of hydrazone groups is 1. The van der Waals surface area contributed by atoms with Crippen molar-refractivity contribution in [1.29, 1.82) is 0 Å². The Labute approximate surface area is 161 Å². The maximum atomic E-state index is 12.6. The molecule has 150 valence electrons. The normalized spacial score (nSPS) is 16.1. The largest absolute Gasteiger partial charge is 0.379 e. The van der Waals surface area contributed by atoms with E-state index in [4.69, 9.17) is 4.74 Å². The molecule has 0 radical (unpaired) electrons. The van der Waals surface area contributed by atoms with Crippen molar-refractivity contribution in [3.05, 3.63) is 29.8 Å². The Morgan fingerprint density at radius 2 is 1.85 bits per heavy atom. The van der Waals surface area contributed by atoms with Crippen molar-refractivity contribution in [3.63, 3.8) is 0 Å². The van der Waals surface area contributed by atoms with Gasteiger partial charge in [0, 0.05) is 25.7 Å². The summed E-state index contributed by atoms with van der Waals surface area (Å²) in [6, 6.07) is 6.72. The summed E-state index contributed by atoms with van der Waals surface area (Å²) < 4.78 is 31.8. The first-order valence-electron chi connectivity index (χ1n) is 9.46. The molecule has 1 aromatic carbocycles. The van der Waals surface area contributed by atoms with Gasteiger partial charge in [0.05, 0.1) is 18.1 Å². The lowest BCUT2D eigenvalue weighted by Gasteiger charge is -2.26. The Morgan fingerprint density at radius 3 is 2.44 bits per heavy atom. The van der Waals surface area contributed by atoms with Crippen LogP contribution in [0, 0.1) is 5.92 Å². The Morgan fingerprint density at radius 1 is 1.22 bits per heavy atom. The van der Waals surface area contributed by atoms with Gasteiger partial charge in [0.25, 0.3) is 0 Å². The average molecular weight is 396 g/mol. The molecule has 0 bridgehead atoms. The second kappa shape index (κ2) is 10.5. The van der Waals surface area contributed by atoms with Crippen LogP contribution < -0.4 is 5.43 Å². The van der Waals surface area contributed by atoms with Gasteiger partial charge in [-0.2, -0.15) is 9.41 Å². The standard InChI is InChI=1S/C19H29N3O4S/c1-3-16(4-2)15-20-21-19(23)10-7-17-5-8-18(9-6-17)27(24,25)22-11-13-26-14-12-22/h5-6,8-9,15-16H,3-4,7,10-14H2,1-2H3,(H,21,23)/b20-15+. The highest BCUT2D eigenvalue weighted by atomic mass is 32.2. The second-order valence-electron chi connectivity index (χ2n) is 6.55. The van der Waals surface area contributed by atoms with Gasteiger partial charge >= 0.3 is 0 Å². The molecule has 0 aliphatic carbocycles. The lowest BCUT2D eigenvalue weighted by Crippen LogP contribution is -2.40. The number of nitrogens with one attached hydrogen (secondary N) is 1. The molecule has 1 fully saturated rings. The van der Waals surface area contributed by atoms with Crippen LogP contribution >= 0.6 is 0 Å². The topological polar surface area (TPSA) is 88.1 Å². The van der Waals surface area contributed by atoms with E-state index < -0.39 is 10.0 Å². The van der Waals surface area contributed by atoms with Crippen molar-refractivity contribution in [2.24, 2.45) is 11.0 Å². The van der Waals surface area contributed by atoms with Crippen LogP contribution in [0.4, 0.5) is 0 Å². The molecular formula is C19H29N3O4S. The van der Waals surface area contributed by atoms with Crippen molar-refractivity contribution in [2.45, 2.75) is 44.4 Å². The van der Waals surface area contributed by atoms with Crippen LogP contribution in [0.15, 0.2) is 34.3 Å². The van der Waals surface area contributed by atoms with Crippen molar-refractivity contribution >= 4 is 22.1 Å². The summed E-state index contributed by atoms with van der Waals surface area (Å²) in [7, 11) is -3.48. The first-order chi connectivity index (χ1) is 13.0. The van der Waals surface area contributed by atoms with Crippen molar-refractivity contribution in [3.8, 4) is 0 Å². The molecule has 0 atom stereocenters. The molecule has 1 heterocycles. The van der Waals surface area contributed by atoms with E-state index in [1.165, 1.54) is 4.31 Å². The molecule has 0 unspecified atom stereocenters. The maximum absolute atomic E-state index is 12.6. The number of rotatable bonds is 9. The molecule has 1 aromatic rings. The Kier molecular flexibility index (Phi) is 8.40. The van der Waals surface area contributed by atoms with Gasteiger partial charge in [0.1, 0.15) is 0 Å². The Balaban J connectivity index is 1.85. The number of hydrogen-bond acceptors (Lipinski definition) is 5. The highest BCUT2D eigenvalue weighted by Crippen LogP contribution is 2.18. The van der Waals surface area contributed by atoms with Gasteiger partial charge in [-0.3, -0.25) is 4.79 Å². The van der Waals surface area contributed by atoms with Crippen molar-refractivity contribution < 1.29 is 17.9 Å². The number of hydrogen-bond donors (Lipinski definition) is 1. The predicted octanol–water partition coefficient (Wildman–Crippen LogP) is 2.18. The fraction of sp³-hybridized carbons (Fsp3) is 0.579. The van der Waals surface area contributed by atoms with Gasteiger partial charge in [0.15, 0.2) is 0 Å². The van der Waals surface area contributed by atoms with E-state index in [-0.39, 0.29) is 10.8 Å². The molecule has 0 spiro atoms. The summed E-state index contributed by atoms with van der Waals surface area (Å²) in [5, 5.41) is 4.00. The van der Waals surface area contributed by atoms with Gasteiger partial charge in [-0.25, -0.2) is 13.8 Å². The summed E-state index contributed by atoms with van der Waals surface area (Å²) in [4.78, 5) is 12.1. The van der Waals surface area contributed by atoms with E-state index in [1.807, 2.05) is 0 Å². The maximum Gasteiger partial charge on any atom is 0.243 e. The van der Waals surface area contributed by atoms with E-state index in [0.29, 0.717) is 45.1 Å². The zero-order valence-electron chi connectivity index (χ0n) is 16.1. The molecule has 1 N–H and O–H groups in total. The lowest BCUT2D eigenvalue weighted by molar-refractivity contribution is -0.121. The number of carbonyl (C=O) groups excluding carboxylic acids is 1. The molecule has 8 heteroatoms. The Hall–Kier alpha value is -1.77. The molecule has 27 heavy (non-hydrogen) atoms. The molecule has 0 saturated carbocycles. The van der Waals surface area contributed by atoms with Gasteiger partial charge in [-0.15, -0.1) is 0 Å². The number of carbonyl (C=O) groups is 1. The highest BCUT2D eigenvalue weighted by Gasteiger charge is 2.26. The fourth-order valence-corrected chi connectivity index (χ4v) is 4.20. The van der Waals surface area contributed by atoms with Crippen LogP contribution in [0.1, 0.15) is 38.7 Å². The number of morpholine rings is 1. The van der Waals surface area contributed by atoms with Crippen LogP contribution in [0.2, 0.25) is 0 Å². The molecule has 7 nitrogen and oxygen atoms in total. The molecule has 1 aliphatic heterocycles. The first-order valence-corrected chi connectivity index (χ1v) is 10.9. The number of amides is 1.